The third-order valence-electron chi connectivity index (χ3n) is 3.28. The molecule has 1 heterocycles. The second kappa shape index (κ2) is 8.00. The molecule has 2 aromatic rings. The molecule has 0 aliphatic heterocycles. The van der Waals surface area contributed by atoms with Crippen molar-refractivity contribution in [3.8, 4) is 11.3 Å². The van der Waals surface area contributed by atoms with Gasteiger partial charge in [-0.2, -0.15) is 11.8 Å². The number of carbonyl (C=O) groups is 1. The van der Waals surface area contributed by atoms with Gasteiger partial charge in [0.15, 0.2) is 5.76 Å². The second-order valence-electron chi connectivity index (χ2n) is 5.05. The molecule has 0 saturated heterocycles. The summed E-state index contributed by atoms with van der Waals surface area (Å²) in [5.41, 5.74) is 6.80. The van der Waals surface area contributed by atoms with E-state index in [2.05, 4.69) is 10.3 Å². The van der Waals surface area contributed by atoms with Gasteiger partial charge in [0.2, 0.25) is 11.8 Å². The first-order chi connectivity index (χ1) is 10.6. The lowest BCUT2D eigenvalue weighted by molar-refractivity contribution is -0.123. The van der Waals surface area contributed by atoms with Crippen LogP contribution in [0.5, 0.6) is 0 Å². The highest BCUT2D eigenvalue weighted by molar-refractivity contribution is 7.98. The fourth-order valence-electron chi connectivity index (χ4n) is 1.98. The third kappa shape index (κ3) is 4.35. The summed E-state index contributed by atoms with van der Waals surface area (Å²) < 4.78 is 5.72. The highest BCUT2D eigenvalue weighted by atomic mass is 32.2. The van der Waals surface area contributed by atoms with E-state index < -0.39 is 6.04 Å². The Bertz CT molecular complexity index is 600. The van der Waals surface area contributed by atoms with E-state index in [1.807, 2.05) is 43.5 Å². The minimum absolute atomic E-state index is 0.180. The van der Waals surface area contributed by atoms with E-state index >= 15 is 0 Å². The molecule has 0 fully saturated rings. The molecule has 22 heavy (non-hydrogen) atoms. The third-order valence-corrected chi connectivity index (χ3v) is 3.92. The number of nitrogens with zero attached hydrogens (tertiary/aromatic N) is 1. The molecule has 0 bridgehead atoms. The van der Waals surface area contributed by atoms with Crippen LogP contribution in [0.3, 0.4) is 0 Å². The lowest BCUT2D eigenvalue weighted by Gasteiger charge is -2.15. The summed E-state index contributed by atoms with van der Waals surface area (Å²) in [6, 6.07) is 8.90. The Morgan fingerprint density at radius 1 is 1.41 bits per heavy atom. The molecule has 0 aliphatic rings. The van der Waals surface area contributed by atoms with Crippen LogP contribution in [0.4, 0.5) is 0 Å². The van der Waals surface area contributed by atoms with Gasteiger partial charge in [-0.25, -0.2) is 4.98 Å². The molecule has 0 spiro atoms. The molecule has 118 valence electrons. The Labute approximate surface area is 134 Å². The Morgan fingerprint density at radius 3 is 2.82 bits per heavy atom. The van der Waals surface area contributed by atoms with Gasteiger partial charge in [0.1, 0.15) is 6.04 Å². The number of oxazole rings is 1. The lowest BCUT2D eigenvalue weighted by Crippen LogP contribution is -2.42. The van der Waals surface area contributed by atoms with Crippen molar-refractivity contribution in [3.63, 3.8) is 0 Å². The van der Waals surface area contributed by atoms with Gasteiger partial charge < -0.3 is 15.5 Å². The first kappa shape index (κ1) is 16.6. The number of carbonyl (C=O) groups excluding carboxylic acids is 1. The van der Waals surface area contributed by atoms with Gasteiger partial charge in [-0.3, -0.25) is 4.79 Å². The van der Waals surface area contributed by atoms with Crippen LogP contribution in [0.15, 0.2) is 40.9 Å². The first-order valence-corrected chi connectivity index (χ1v) is 8.57. The molecule has 2 atom stereocenters. The van der Waals surface area contributed by atoms with E-state index in [1.165, 1.54) is 0 Å². The maximum absolute atomic E-state index is 12.0. The van der Waals surface area contributed by atoms with E-state index in [1.54, 1.807) is 18.0 Å². The standard InChI is InChI=1S/C16H21N3O2S/c1-11(19-15(20)13(17)8-9-22-2)16-18-10-14(21-16)12-6-4-3-5-7-12/h3-7,10-11,13H,8-9,17H2,1-2H3,(H,19,20)/t11?,13-/m0/s1. The van der Waals surface area contributed by atoms with E-state index in [0.29, 0.717) is 18.1 Å². The summed E-state index contributed by atoms with van der Waals surface area (Å²) >= 11 is 1.67. The Kier molecular flexibility index (Phi) is 6.03. The minimum Gasteiger partial charge on any atom is -0.438 e. The molecule has 0 radical (unpaired) electrons. The summed E-state index contributed by atoms with van der Waals surface area (Å²) in [6.45, 7) is 1.83. The van der Waals surface area contributed by atoms with E-state index in [0.717, 1.165) is 11.3 Å². The predicted molar refractivity (Wildman–Crippen MR) is 89.5 cm³/mol. The molecule has 1 unspecified atom stereocenters. The van der Waals surface area contributed by atoms with Crippen LogP contribution in [0.2, 0.25) is 0 Å². The Hall–Kier alpha value is -1.79. The van der Waals surface area contributed by atoms with Crippen molar-refractivity contribution in [1.82, 2.24) is 10.3 Å². The number of amides is 1. The average molecular weight is 319 g/mol. The number of nitrogens with one attached hydrogen (secondary N) is 1. The van der Waals surface area contributed by atoms with E-state index in [9.17, 15) is 4.79 Å². The van der Waals surface area contributed by atoms with Gasteiger partial charge in [0.05, 0.1) is 12.2 Å². The molecule has 3 N–H and O–H groups in total. The molecule has 2 rings (SSSR count). The van der Waals surface area contributed by atoms with Crippen molar-refractivity contribution in [2.24, 2.45) is 5.73 Å². The fraction of sp³-hybridized carbons (Fsp3) is 0.375. The number of benzene rings is 1. The largest absolute Gasteiger partial charge is 0.438 e. The molecule has 0 aliphatic carbocycles. The van der Waals surface area contributed by atoms with Gasteiger partial charge in [-0.1, -0.05) is 30.3 Å². The zero-order valence-corrected chi connectivity index (χ0v) is 13.6. The van der Waals surface area contributed by atoms with Crippen molar-refractivity contribution in [2.75, 3.05) is 12.0 Å². The normalized spacial score (nSPS) is 13.6. The van der Waals surface area contributed by atoms with Gasteiger partial charge in [0.25, 0.3) is 0 Å². The summed E-state index contributed by atoms with van der Waals surface area (Å²) in [5.74, 6) is 1.84. The second-order valence-corrected chi connectivity index (χ2v) is 6.03. The van der Waals surface area contributed by atoms with E-state index in [4.69, 9.17) is 10.2 Å². The van der Waals surface area contributed by atoms with Crippen LogP contribution in [0.25, 0.3) is 11.3 Å². The zero-order chi connectivity index (χ0) is 15.9. The van der Waals surface area contributed by atoms with Gasteiger partial charge in [-0.15, -0.1) is 0 Å². The van der Waals surface area contributed by atoms with Crippen LogP contribution >= 0.6 is 11.8 Å². The first-order valence-electron chi connectivity index (χ1n) is 7.18. The molecule has 5 nitrogen and oxygen atoms in total. The van der Waals surface area contributed by atoms with Crippen LogP contribution in [0.1, 0.15) is 25.3 Å². The van der Waals surface area contributed by atoms with Crippen molar-refractivity contribution in [1.29, 1.82) is 0 Å². The monoisotopic (exact) mass is 319 g/mol. The van der Waals surface area contributed by atoms with Gasteiger partial charge in [0, 0.05) is 5.56 Å². The fourth-order valence-corrected chi connectivity index (χ4v) is 2.47. The number of nitrogens with two attached hydrogens (primary N) is 1. The number of hydrogen-bond donors (Lipinski definition) is 2. The lowest BCUT2D eigenvalue weighted by atomic mass is 10.2. The summed E-state index contributed by atoms with van der Waals surface area (Å²) in [7, 11) is 0. The molecule has 1 aromatic carbocycles. The van der Waals surface area contributed by atoms with Crippen molar-refractivity contribution < 1.29 is 9.21 Å². The topological polar surface area (TPSA) is 81.2 Å². The molecular formula is C16H21N3O2S. The minimum atomic E-state index is -0.501. The Morgan fingerprint density at radius 2 is 2.14 bits per heavy atom. The molecule has 1 aromatic heterocycles. The van der Waals surface area contributed by atoms with Crippen LogP contribution in [-0.2, 0) is 4.79 Å². The number of rotatable bonds is 7. The number of aromatic nitrogens is 1. The van der Waals surface area contributed by atoms with Gasteiger partial charge in [-0.05, 0) is 25.4 Å². The van der Waals surface area contributed by atoms with E-state index in [-0.39, 0.29) is 11.9 Å². The smallest absolute Gasteiger partial charge is 0.237 e. The summed E-state index contributed by atoms with van der Waals surface area (Å²) in [6.07, 6.45) is 4.31. The van der Waals surface area contributed by atoms with Crippen molar-refractivity contribution >= 4 is 17.7 Å². The molecule has 0 saturated carbocycles. The van der Waals surface area contributed by atoms with Gasteiger partial charge >= 0.3 is 0 Å². The van der Waals surface area contributed by atoms with Crippen LogP contribution in [-0.4, -0.2) is 28.9 Å². The highest BCUT2D eigenvalue weighted by Gasteiger charge is 2.19. The summed E-state index contributed by atoms with van der Waals surface area (Å²) in [4.78, 5) is 16.2. The highest BCUT2D eigenvalue weighted by Crippen LogP contribution is 2.22. The quantitative estimate of drug-likeness (QED) is 0.820. The predicted octanol–water partition coefficient (Wildman–Crippen LogP) is 2.60. The SMILES string of the molecule is CSCC[C@H](N)C(=O)NC(C)c1ncc(-c2ccccc2)o1. The van der Waals surface area contributed by atoms with Crippen LogP contribution < -0.4 is 11.1 Å². The number of thioether (sulfide) groups is 1. The Balaban J connectivity index is 1.97. The van der Waals surface area contributed by atoms with Crippen LogP contribution in [0, 0.1) is 0 Å². The molecule has 1 amide bonds. The maximum atomic E-state index is 12.0. The number of hydrogen-bond acceptors (Lipinski definition) is 5. The maximum Gasteiger partial charge on any atom is 0.237 e. The molecule has 6 heteroatoms. The zero-order valence-electron chi connectivity index (χ0n) is 12.8. The average Bonchev–Trinajstić information content (AvgIpc) is 3.03. The van der Waals surface area contributed by atoms with Crippen molar-refractivity contribution in [2.45, 2.75) is 25.4 Å². The summed E-state index contributed by atoms with van der Waals surface area (Å²) in [5, 5.41) is 2.84. The molecular weight excluding hydrogens is 298 g/mol. The van der Waals surface area contributed by atoms with Crippen molar-refractivity contribution in [3.05, 3.63) is 42.4 Å².